The average Bonchev–Trinajstić information content (AvgIpc) is 3.51. The van der Waals surface area contributed by atoms with Gasteiger partial charge in [0, 0.05) is 27.9 Å². The minimum atomic E-state index is -0.226. The van der Waals surface area contributed by atoms with Gasteiger partial charge in [0.1, 0.15) is 0 Å². The van der Waals surface area contributed by atoms with Gasteiger partial charge in [-0.05, 0) is 125 Å². The van der Waals surface area contributed by atoms with Crippen LogP contribution in [0.15, 0.2) is 200 Å². The predicted molar refractivity (Wildman–Crippen MR) is 250 cm³/mol. The highest BCUT2D eigenvalue weighted by Gasteiger charge is 2.37. The van der Waals surface area contributed by atoms with E-state index in [1.165, 1.54) is 88.7 Å². The Morgan fingerprint density at radius 2 is 0.763 bits per heavy atom. The Kier molecular flexibility index (Phi) is 7.94. The molecule has 0 aromatic heterocycles. The van der Waals surface area contributed by atoms with Crippen LogP contribution < -0.4 is 4.90 Å². The molecular weight excluding hydrogens is 711 g/mol. The van der Waals surface area contributed by atoms with E-state index in [2.05, 4.69) is 233 Å². The Hall–Kier alpha value is -6.96. The number of fused-ring (bicyclic) bond motifs is 5. The topological polar surface area (TPSA) is 3.24 Å². The minimum absolute atomic E-state index is 0.114. The summed E-state index contributed by atoms with van der Waals surface area (Å²) in [5, 5.41) is 2.65. The second-order valence-electron chi connectivity index (χ2n) is 17.3. The standard InChI is InChI=1S/C58H45N/c1-57(2)51-20-12-11-19-48(51)49-34-31-45(36-53(49)57)59(44-29-26-41(27-30-44)40-24-22-39(23-25-40)38-14-7-5-8-15-38)46-32-35-50-54(37-46)58(3,4)52-21-13-18-43-28-33-47(56(50)55(43)52)42-16-9-6-10-17-42/h5-37H,1-4H3. The van der Waals surface area contributed by atoms with Crippen LogP contribution in [-0.2, 0) is 10.8 Å². The number of anilines is 3. The first-order valence-corrected chi connectivity index (χ1v) is 20.8. The zero-order chi connectivity index (χ0) is 39.9. The fourth-order valence-corrected chi connectivity index (χ4v) is 10.2. The predicted octanol–water partition coefficient (Wildman–Crippen LogP) is 15.9. The third-order valence-electron chi connectivity index (χ3n) is 13.3. The van der Waals surface area contributed by atoms with Gasteiger partial charge in [0.2, 0.25) is 0 Å². The van der Waals surface area contributed by atoms with Crippen LogP contribution >= 0.6 is 0 Å². The van der Waals surface area contributed by atoms with Crippen molar-refractivity contribution in [2.45, 2.75) is 38.5 Å². The summed E-state index contributed by atoms with van der Waals surface area (Å²) in [6.45, 7) is 9.54. The molecule has 11 rings (SSSR count). The molecule has 0 saturated carbocycles. The van der Waals surface area contributed by atoms with Crippen LogP contribution in [0, 0.1) is 0 Å². The quantitative estimate of drug-likeness (QED) is 0.163. The number of benzene rings is 9. The molecule has 0 heterocycles. The van der Waals surface area contributed by atoms with Crippen molar-refractivity contribution in [3.8, 4) is 55.6 Å². The third kappa shape index (κ3) is 5.53. The first-order valence-electron chi connectivity index (χ1n) is 20.8. The first-order chi connectivity index (χ1) is 28.8. The second-order valence-corrected chi connectivity index (χ2v) is 17.3. The van der Waals surface area contributed by atoms with Crippen molar-refractivity contribution >= 4 is 27.8 Å². The molecule has 2 aliphatic rings. The molecule has 1 heteroatoms. The highest BCUT2D eigenvalue weighted by atomic mass is 15.1. The van der Waals surface area contributed by atoms with Gasteiger partial charge < -0.3 is 4.90 Å². The van der Waals surface area contributed by atoms with Crippen LogP contribution in [0.4, 0.5) is 17.1 Å². The molecule has 1 nitrogen and oxygen atoms in total. The Labute approximate surface area is 347 Å². The molecule has 0 bridgehead atoms. The van der Waals surface area contributed by atoms with E-state index >= 15 is 0 Å². The zero-order valence-corrected chi connectivity index (χ0v) is 34.0. The van der Waals surface area contributed by atoms with Crippen LogP contribution in [0.25, 0.3) is 66.4 Å². The first kappa shape index (κ1) is 35.2. The molecule has 59 heavy (non-hydrogen) atoms. The number of nitrogens with zero attached hydrogens (tertiary/aromatic N) is 1. The van der Waals surface area contributed by atoms with Crippen molar-refractivity contribution in [2.24, 2.45) is 0 Å². The Morgan fingerprint density at radius 1 is 0.305 bits per heavy atom. The van der Waals surface area contributed by atoms with Crippen molar-refractivity contribution in [1.82, 2.24) is 0 Å². The minimum Gasteiger partial charge on any atom is -0.310 e. The van der Waals surface area contributed by atoms with Crippen LogP contribution in [0.1, 0.15) is 49.9 Å². The van der Waals surface area contributed by atoms with Crippen molar-refractivity contribution in [2.75, 3.05) is 4.90 Å². The summed E-state index contributed by atoms with van der Waals surface area (Å²) in [4.78, 5) is 2.47. The summed E-state index contributed by atoms with van der Waals surface area (Å²) in [5.74, 6) is 0. The summed E-state index contributed by atoms with van der Waals surface area (Å²) >= 11 is 0. The molecule has 9 aromatic rings. The van der Waals surface area contributed by atoms with E-state index in [-0.39, 0.29) is 10.8 Å². The van der Waals surface area contributed by atoms with E-state index in [0.717, 1.165) is 17.1 Å². The molecule has 282 valence electrons. The van der Waals surface area contributed by atoms with Gasteiger partial charge in [0.25, 0.3) is 0 Å². The lowest BCUT2D eigenvalue weighted by Gasteiger charge is -2.37. The maximum absolute atomic E-state index is 2.47. The summed E-state index contributed by atoms with van der Waals surface area (Å²) < 4.78 is 0. The lowest BCUT2D eigenvalue weighted by molar-refractivity contribution is 0.645. The molecule has 0 amide bonds. The molecule has 0 atom stereocenters. The van der Waals surface area contributed by atoms with Gasteiger partial charge in [-0.15, -0.1) is 0 Å². The van der Waals surface area contributed by atoms with Gasteiger partial charge in [-0.2, -0.15) is 0 Å². The lowest BCUT2D eigenvalue weighted by Crippen LogP contribution is -2.24. The van der Waals surface area contributed by atoms with Crippen molar-refractivity contribution in [3.63, 3.8) is 0 Å². The summed E-state index contributed by atoms with van der Waals surface area (Å²) in [6.07, 6.45) is 0. The van der Waals surface area contributed by atoms with Gasteiger partial charge in [-0.1, -0.05) is 191 Å². The maximum atomic E-state index is 2.47. The van der Waals surface area contributed by atoms with Gasteiger partial charge in [0.05, 0.1) is 0 Å². The van der Waals surface area contributed by atoms with E-state index in [1.807, 2.05) is 0 Å². The van der Waals surface area contributed by atoms with Gasteiger partial charge in [-0.3, -0.25) is 0 Å². The van der Waals surface area contributed by atoms with Crippen molar-refractivity contribution in [1.29, 1.82) is 0 Å². The van der Waals surface area contributed by atoms with E-state index < -0.39 is 0 Å². The zero-order valence-electron chi connectivity index (χ0n) is 34.0. The molecular formula is C58H45N. The molecule has 9 aromatic carbocycles. The Bertz CT molecular complexity index is 3060. The van der Waals surface area contributed by atoms with E-state index in [9.17, 15) is 0 Å². The smallest absolute Gasteiger partial charge is 0.0465 e. The molecule has 0 unspecified atom stereocenters. The molecule has 0 fully saturated rings. The summed E-state index contributed by atoms with van der Waals surface area (Å²) in [7, 11) is 0. The Balaban J connectivity index is 1.07. The fraction of sp³-hybridized carbons (Fsp3) is 0.103. The second kappa shape index (κ2) is 13.3. The molecule has 0 aliphatic heterocycles. The highest BCUT2D eigenvalue weighted by molar-refractivity contribution is 6.09. The van der Waals surface area contributed by atoms with Crippen LogP contribution in [0.2, 0.25) is 0 Å². The van der Waals surface area contributed by atoms with Crippen LogP contribution in [-0.4, -0.2) is 0 Å². The van der Waals surface area contributed by atoms with Gasteiger partial charge in [-0.25, -0.2) is 0 Å². The van der Waals surface area contributed by atoms with E-state index in [4.69, 9.17) is 0 Å². The fourth-order valence-electron chi connectivity index (χ4n) is 10.2. The summed E-state index contributed by atoms with van der Waals surface area (Å²) in [6, 6.07) is 74.3. The van der Waals surface area contributed by atoms with E-state index in [0.29, 0.717) is 0 Å². The third-order valence-corrected chi connectivity index (χ3v) is 13.3. The average molecular weight is 756 g/mol. The maximum Gasteiger partial charge on any atom is 0.0465 e. The molecule has 0 saturated heterocycles. The monoisotopic (exact) mass is 755 g/mol. The number of hydrogen-bond acceptors (Lipinski definition) is 1. The largest absolute Gasteiger partial charge is 0.310 e. The number of rotatable bonds is 6. The van der Waals surface area contributed by atoms with Crippen LogP contribution in [0.3, 0.4) is 0 Å². The van der Waals surface area contributed by atoms with Crippen molar-refractivity contribution < 1.29 is 0 Å². The molecule has 0 spiro atoms. The Morgan fingerprint density at radius 3 is 1.42 bits per heavy atom. The SMILES string of the molecule is CC1(C)c2ccccc2-c2ccc(N(c3ccc(-c4ccc(-c5ccccc5)cc4)cc3)c3ccc4c(c3)C(C)(C)c3cccc5ccc(-c6ccccc6)c-4c35)cc21. The molecule has 2 aliphatic carbocycles. The van der Waals surface area contributed by atoms with Crippen molar-refractivity contribution in [3.05, 3.63) is 222 Å². The van der Waals surface area contributed by atoms with E-state index in [1.54, 1.807) is 0 Å². The normalized spacial score (nSPS) is 14.0. The van der Waals surface area contributed by atoms with Gasteiger partial charge in [0.15, 0.2) is 0 Å². The van der Waals surface area contributed by atoms with Gasteiger partial charge >= 0.3 is 0 Å². The lowest BCUT2D eigenvalue weighted by atomic mass is 9.67. The highest BCUT2D eigenvalue weighted by Crippen LogP contribution is 2.54. The molecule has 0 N–H and O–H groups in total. The number of hydrogen-bond donors (Lipinski definition) is 0. The van der Waals surface area contributed by atoms with Crippen LogP contribution in [0.5, 0.6) is 0 Å². The summed E-state index contributed by atoms with van der Waals surface area (Å²) in [5.41, 5.74) is 21.2. The molecule has 0 radical (unpaired) electrons.